The Labute approximate surface area is 118 Å². The molecular formula is C14H22ClNOS. The summed E-state index contributed by atoms with van der Waals surface area (Å²) in [6.45, 7) is 10.1. The van der Waals surface area contributed by atoms with Crippen LogP contribution in [0.3, 0.4) is 0 Å². The van der Waals surface area contributed by atoms with Crippen molar-refractivity contribution in [1.82, 2.24) is 4.72 Å². The van der Waals surface area contributed by atoms with Gasteiger partial charge in [-0.3, -0.25) is 0 Å². The number of rotatable bonds is 4. The molecule has 0 radical (unpaired) electrons. The molecule has 0 spiro atoms. The van der Waals surface area contributed by atoms with Crippen LogP contribution in [0.2, 0.25) is 5.02 Å². The quantitative estimate of drug-likeness (QED) is 0.888. The molecule has 1 aromatic carbocycles. The molecule has 1 unspecified atom stereocenters. The van der Waals surface area contributed by atoms with E-state index in [-0.39, 0.29) is 10.8 Å². The fraction of sp³-hybridized carbons (Fsp3) is 0.571. The van der Waals surface area contributed by atoms with Gasteiger partial charge in [-0.25, -0.2) is 8.93 Å². The van der Waals surface area contributed by atoms with E-state index in [0.29, 0.717) is 5.92 Å². The van der Waals surface area contributed by atoms with Crippen LogP contribution in [0.4, 0.5) is 0 Å². The van der Waals surface area contributed by atoms with Crippen molar-refractivity contribution in [2.75, 3.05) is 0 Å². The zero-order valence-corrected chi connectivity index (χ0v) is 13.2. The summed E-state index contributed by atoms with van der Waals surface area (Å²) in [5.74, 6) is 0.316. The van der Waals surface area contributed by atoms with Gasteiger partial charge in [0.2, 0.25) is 0 Å². The molecule has 2 nitrogen and oxygen atoms in total. The van der Waals surface area contributed by atoms with Gasteiger partial charge in [0.25, 0.3) is 0 Å². The van der Waals surface area contributed by atoms with E-state index in [9.17, 15) is 4.21 Å². The number of hydrogen-bond acceptors (Lipinski definition) is 1. The van der Waals surface area contributed by atoms with Crippen LogP contribution in [0.25, 0.3) is 0 Å². The minimum atomic E-state index is -1.11. The first-order valence-corrected chi connectivity index (χ1v) is 7.68. The van der Waals surface area contributed by atoms with Crippen LogP contribution in [0.1, 0.15) is 46.2 Å². The highest BCUT2D eigenvalue weighted by molar-refractivity contribution is 7.84. The van der Waals surface area contributed by atoms with E-state index < -0.39 is 11.0 Å². The molecule has 0 aromatic heterocycles. The van der Waals surface area contributed by atoms with Crippen LogP contribution in [0.5, 0.6) is 0 Å². The highest BCUT2D eigenvalue weighted by Crippen LogP contribution is 2.29. The summed E-state index contributed by atoms with van der Waals surface area (Å²) in [6, 6.07) is 7.72. The summed E-state index contributed by atoms with van der Waals surface area (Å²) in [4.78, 5) is 0. The Morgan fingerprint density at radius 3 is 2.22 bits per heavy atom. The summed E-state index contributed by atoms with van der Waals surface area (Å²) in [5, 5.41) is 0.717. The lowest BCUT2D eigenvalue weighted by atomic mass is 9.97. The van der Waals surface area contributed by atoms with E-state index in [0.717, 1.165) is 10.6 Å². The summed E-state index contributed by atoms with van der Waals surface area (Å²) in [6.07, 6.45) is 0. The van der Waals surface area contributed by atoms with Crippen LogP contribution in [0, 0.1) is 5.92 Å². The smallest absolute Gasteiger partial charge is 0.0976 e. The Kier molecular flexibility index (Phi) is 5.38. The number of hydrogen-bond donors (Lipinski definition) is 1. The molecule has 4 heteroatoms. The Morgan fingerprint density at radius 2 is 1.78 bits per heavy atom. The molecule has 0 amide bonds. The minimum absolute atomic E-state index is 0.00115. The van der Waals surface area contributed by atoms with Crippen molar-refractivity contribution in [3.63, 3.8) is 0 Å². The largest absolute Gasteiger partial charge is 0.242 e. The Bertz CT molecular complexity index is 426. The second-order valence-corrected chi connectivity index (χ2v) is 8.15. The first-order valence-electron chi connectivity index (χ1n) is 6.16. The lowest BCUT2D eigenvalue weighted by molar-refractivity contribution is 0.473. The highest BCUT2D eigenvalue weighted by atomic mass is 35.5. The van der Waals surface area contributed by atoms with Crippen molar-refractivity contribution in [2.24, 2.45) is 5.92 Å². The summed E-state index contributed by atoms with van der Waals surface area (Å²) < 4.78 is 15.1. The van der Waals surface area contributed by atoms with E-state index in [1.807, 2.05) is 45.0 Å². The predicted octanol–water partition coefficient (Wildman–Crippen LogP) is 4.09. The van der Waals surface area contributed by atoms with Gasteiger partial charge in [-0.05, 0) is 38.3 Å². The highest BCUT2D eigenvalue weighted by Gasteiger charge is 2.26. The van der Waals surface area contributed by atoms with E-state index >= 15 is 0 Å². The fourth-order valence-electron chi connectivity index (χ4n) is 1.58. The van der Waals surface area contributed by atoms with Crippen LogP contribution in [-0.4, -0.2) is 8.96 Å². The SMILES string of the molecule is CC(C)[C@@H](NS(=O)C(C)(C)C)c1ccccc1Cl. The van der Waals surface area contributed by atoms with E-state index in [4.69, 9.17) is 11.6 Å². The van der Waals surface area contributed by atoms with Gasteiger partial charge in [-0.15, -0.1) is 0 Å². The second kappa shape index (κ2) is 6.18. The van der Waals surface area contributed by atoms with Gasteiger partial charge >= 0.3 is 0 Å². The van der Waals surface area contributed by atoms with Gasteiger partial charge in [0, 0.05) is 11.1 Å². The average molecular weight is 288 g/mol. The van der Waals surface area contributed by atoms with Crippen LogP contribution in [-0.2, 0) is 11.0 Å². The summed E-state index contributed by atoms with van der Waals surface area (Å²) in [7, 11) is -1.11. The maximum Gasteiger partial charge on any atom is 0.0976 e. The monoisotopic (exact) mass is 287 g/mol. The van der Waals surface area contributed by atoms with Gasteiger partial charge in [0.05, 0.1) is 15.7 Å². The number of halogens is 1. The molecule has 1 rings (SSSR count). The first kappa shape index (κ1) is 15.7. The van der Waals surface area contributed by atoms with Gasteiger partial charge in [0.15, 0.2) is 0 Å². The van der Waals surface area contributed by atoms with Gasteiger partial charge in [-0.1, -0.05) is 43.6 Å². The summed E-state index contributed by atoms with van der Waals surface area (Å²) >= 11 is 6.22. The van der Waals surface area contributed by atoms with Crippen molar-refractivity contribution in [3.8, 4) is 0 Å². The third-order valence-electron chi connectivity index (χ3n) is 2.70. The van der Waals surface area contributed by atoms with Crippen LogP contribution < -0.4 is 4.72 Å². The molecule has 0 aliphatic carbocycles. The fourth-order valence-corrected chi connectivity index (χ4v) is 2.81. The maximum absolute atomic E-state index is 12.2. The van der Waals surface area contributed by atoms with Gasteiger partial charge in [0.1, 0.15) is 0 Å². The number of benzene rings is 1. The molecule has 102 valence electrons. The third kappa shape index (κ3) is 4.08. The predicted molar refractivity (Wildman–Crippen MR) is 80.1 cm³/mol. The Morgan fingerprint density at radius 1 is 1.22 bits per heavy atom. The molecule has 1 aromatic rings. The number of nitrogens with one attached hydrogen (secondary N) is 1. The van der Waals surface area contributed by atoms with Crippen molar-refractivity contribution in [1.29, 1.82) is 0 Å². The molecule has 2 atom stereocenters. The maximum atomic E-state index is 12.2. The molecule has 0 heterocycles. The standard InChI is InChI=1S/C14H22ClNOS/c1-10(2)13(16-18(17)14(3,4)5)11-8-6-7-9-12(11)15/h6-10,13,16H,1-5H3/t13-,18?/m1/s1. The Hall–Kier alpha value is -0.380. The molecule has 0 fully saturated rings. The molecular weight excluding hydrogens is 266 g/mol. The average Bonchev–Trinajstić information content (AvgIpc) is 2.25. The first-order chi connectivity index (χ1) is 8.23. The lowest BCUT2D eigenvalue weighted by Gasteiger charge is -2.27. The topological polar surface area (TPSA) is 29.1 Å². The third-order valence-corrected chi connectivity index (χ3v) is 4.62. The van der Waals surface area contributed by atoms with Gasteiger partial charge in [-0.2, -0.15) is 0 Å². The summed E-state index contributed by atoms with van der Waals surface area (Å²) in [5.41, 5.74) is 1.01. The zero-order chi connectivity index (χ0) is 13.9. The van der Waals surface area contributed by atoms with Crippen molar-refractivity contribution in [2.45, 2.75) is 45.4 Å². The van der Waals surface area contributed by atoms with E-state index in [1.54, 1.807) is 0 Å². The normalized spacial score (nSPS) is 15.7. The van der Waals surface area contributed by atoms with Crippen molar-refractivity contribution < 1.29 is 4.21 Å². The molecule has 0 aliphatic heterocycles. The van der Waals surface area contributed by atoms with Crippen LogP contribution >= 0.6 is 11.6 Å². The molecule has 0 saturated heterocycles. The lowest BCUT2D eigenvalue weighted by Crippen LogP contribution is -2.37. The zero-order valence-electron chi connectivity index (χ0n) is 11.7. The van der Waals surface area contributed by atoms with Crippen molar-refractivity contribution >= 4 is 22.6 Å². The van der Waals surface area contributed by atoms with E-state index in [1.165, 1.54) is 0 Å². The van der Waals surface area contributed by atoms with Crippen molar-refractivity contribution in [3.05, 3.63) is 34.9 Å². The molecule has 1 N–H and O–H groups in total. The Balaban J connectivity index is 2.99. The molecule has 18 heavy (non-hydrogen) atoms. The van der Waals surface area contributed by atoms with Gasteiger partial charge < -0.3 is 0 Å². The second-order valence-electron chi connectivity index (χ2n) is 5.74. The molecule has 0 bridgehead atoms. The van der Waals surface area contributed by atoms with E-state index in [2.05, 4.69) is 18.6 Å². The molecule has 0 saturated carbocycles. The minimum Gasteiger partial charge on any atom is -0.242 e. The molecule has 0 aliphatic rings. The van der Waals surface area contributed by atoms with Crippen LogP contribution in [0.15, 0.2) is 24.3 Å².